The lowest BCUT2D eigenvalue weighted by atomic mass is 9.89. The van der Waals surface area contributed by atoms with Crippen molar-refractivity contribution < 1.29 is 4.79 Å². The number of nitrogens with zero attached hydrogens (tertiary/aromatic N) is 2. The fourth-order valence-electron chi connectivity index (χ4n) is 3.13. The molecular weight excluding hydrogens is 332 g/mol. The lowest BCUT2D eigenvalue weighted by Crippen LogP contribution is -2.35. The number of amides is 1. The number of hydrogen-bond acceptors (Lipinski definition) is 4. The third-order valence-corrected chi connectivity index (χ3v) is 5.69. The van der Waals surface area contributed by atoms with Gasteiger partial charge in [-0.05, 0) is 32.6 Å². The number of H-pyrrole nitrogens is 1. The molecule has 1 aromatic heterocycles. The average molecular weight is 359 g/mol. The molecule has 2 N–H and O–H groups in total. The van der Waals surface area contributed by atoms with Crippen molar-refractivity contribution in [2.45, 2.75) is 56.4 Å². The highest BCUT2D eigenvalue weighted by Crippen LogP contribution is 2.24. The van der Waals surface area contributed by atoms with Crippen molar-refractivity contribution in [2.75, 3.05) is 6.54 Å². The highest BCUT2D eigenvalue weighted by molar-refractivity contribution is 8.00. The van der Waals surface area contributed by atoms with Crippen LogP contribution in [0, 0.1) is 12.8 Å². The molecule has 0 saturated heterocycles. The molecule has 5 nitrogen and oxygen atoms in total. The smallest absolute Gasteiger partial charge is 0.233 e. The summed E-state index contributed by atoms with van der Waals surface area (Å²) in [5.41, 5.74) is 2.21. The molecule has 25 heavy (non-hydrogen) atoms. The van der Waals surface area contributed by atoms with Gasteiger partial charge in [-0.2, -0.15) is 0 Å². The summed E-state index contributed by atoms with van der Waals surface area (Å²) in [6, 6.07) is 8.13. The molecule has 0 aliphatic heterocycles. The van der Waals surface area contributed by atoms with Crippen LogP contribution in [0.2, 0.25) is 0 Å². The summed E-state index contributed by atoms with van der Waals surface area (Å²) < 4.78 is 0. The minimum absolute atomic E-state index is 0.0669. The Hall–Kier alpha value is -1.82. The van der Waals surface area contributed by atoms with E-state index in [9.17, 15) is 4.79 Å². The Bertz CT molecular complexity index is 692. The van der Waals surface area contributed by atoms with Crippen molar-refractivity contribution in [3.8, 4) is 11.4 Å². The van der Waals surface area contributed by atoms with Crippen molar-refractivity contribution in [1.82, 2.24) is 20.5 Å². The Morgan fingerprint density at radius 1 is 1.28 bits per heavy atom. The first-order valence-corrected chi connectivity index (χ1v) is 9.93. The van der Waals surface area contributed by atoms with Gasteiger partial charge in [0.1, 0.15) is 0 Å². The lowest BCUT2D eigenvalue weighted by molar-refractivity contribution is -0.120. The van der Waals surface area contributed by atoms with Gasteiger partial charge in [-0.3, -0.25) is 9.89 Å². The van der Waals surface area contributed by atoms with Gasteiger partial charge in [-0.1, -0.05) is 60.9 Å². The fraction of sp³-hybridized carbons (Fsp3) is 0.526. The first kappa shape index (κ1) is 18.0. The van der Waals surface area contributed by atoms with Crippen molar-refractivity contribution in [3.05, 3.63) is 29.8 Å². The van der Waals surface area contributed by atoms with Crippen LogP contribution in [-0.2, 0) is 4.79 Å². The minimum Gasteiger partial charge on any atom is -0.355 e. The van der Waals surface area contributed by atoms with Crippen molar-refractivity contribution in [1.29, 1.82) is 0 Å². The number of aromatic nitrogens is 3. The molecule has 1 saturated carbocycles. The number of hydrogen-bond donors (Lipinski definition) is 2. The number of aryl methyl sites for hydroxylation is 1. The molecule has 0 bridgehead atoms. The van der Waals surface area contributed by atoms with E-state index in [1.54, 1.807) is 0 Å². The Labute approximate surface area is 153 Å². The van der Waals surface area contributed by atoms with Crippen LogP contribution in [0.4, 0.5) is 0 Å². The van der Waals surface area contributed by atoms with Gasteiger partial charge in [0.2, 0.25) is 11.1 Å². The van der Waals surface area contributed by atoms with E-state index in [4.69, 9.17) is 0 Å². The molecule has 134 valence electrons. The maximum atomic E-state index is 12.3. The van der Waals surface area contributed by atoms with Gasteiger partial charge in [0.15, 0.2) is 5.82 Å². The normalized spacial score (nSPS) is 16.6. The molecule has 1 atom stereocenters. The Morgan fingerprint density at radius 2 is 2.00 bits per heavy atom. The van der Waals surface area contributed by atoms with Gasteiger partial charge in [-0.15, -0.1) is 5.10 Å². The molecule has 1 aliphatic carbocycles. The van der Waals surface area contributed by atoms with Crippen LogP contribution in [-0.4, -0.2) is 32.9 Å². The zero-order valence-electron chi connectivity index (χ0n) is 14.9. The maximum absolute atomic E-state index is 12.3. The predicted octanol–water partition coefficient (Wildman–Crippen LogP) is 3.96. The van der Waals surface area contributed by atoms with Crippen LogP contribution < -0.4 is 5.32 Å². The Morgan fingerprint density at radius 3 is 2.72 bits per heavy atom. The van der Waals surface area contributed by atoms with E-state index in [0.717, 1.165) is 17.9 Å². The molecule has 0 radical (unpaired) electrons. The molecule has 1 aromatic carbocycles. The molecule has 1 amide bonds. The molecule has 6 heteroatoms. The number of carbonyl (C=O) groups is 1. The van der Waals surface area contributed by atoms with Crippen LogP contribution in [0.15, 0.2) is 29.4 Å². The predicted molar refractivity (Wildman–Crippen MR) is 101 cm³/mol. The second kappa shape index (κ2) is 8.52. The van der Waals surface area contributed by atoms with E-state index >= 15 is 0 Å². The monoisotopic (exact) mass is 358 g/mol. The molecular formula is C19H26N4OS. The van der Waals surface area contributed by atoms with E-state index in [0.29, 0.717) is 11.1 Å². The zero-order valence-corrected chi connectivity index (χ0v) is 15.7. The largest absolute Gasteiger partial charge is 0.355 e. The molecule has 1 heterocycles. The number of rotatable bonds is 6. The second-order valence-electron chi connectivity index (χ2n) is 6.84. The van der Waals surface area contributed by atoms with Gasteiger partial charge in [0.05, 0.1) is 5.25 Å². The molecule has 1 aliphatic rings. The van der Waals surface area contributed by atoms with Crippen LogP contribution in [0.1, 0.15) is 44.6 Å². The first-order chi connectivity index (χ1) is 12.1. The molecule has 2 aromatic rings. The summed E-state index contributed by atoms with van der Waals surface area (Å²) in [6.07, 6.45) is 6.41. The summed E-state index contributed by atoms with van der Waals surface area (Å²) in [5.74, 6) is 1.45. The van der Waals surface area contributed by atoms with Gasteiger partial charge < -0.3 is 5.32 Å². The minimum atomic E-state index is -0.203. The first-order valence-electron chi connectivity index (χ1n) is 9.05. The standard InChI is InChI=1S/C19H26N4OS/c1-13-8-10-16(11-9-13)17-21-19(23-22-17)25-14(2)18(24)20-12-15-6-4-3-5-7-15/h8-11,14-15H,3-7,12H2,1-2H3,(H,20,24)(H,21,22,23). The summed E-state index contributed by atoms with van der Waals surface area (Å²) in [7, 11) is 0. The molecule has 1 fully saturated rings. The molecule has 1 unspecified atom stereocenters. The van der Waals surface area contributed by atoms with Crippen LogP contribution in [0.3, 0.4) is 0 Å². The Kier molecular flexibility index (Phi) is 6.13. The number of benzene rings is 1. The molecule has 0 spiro atoms. The summed E-state index contributed by atoms with van der Waals surface area (Å²) in [6.45, 7) is 4.76. The second-order valence-corrected chi connectivity index (χ2v) is 8.15. The van der Waals surface area contributed by atoms with Gasteiger partial charge in [0.25, 0.3) is 0 Å². The third-order valence-electron chi connectivity index (χ3n) is 4.73. The topological polar surface area (TPSA) is 70.7 Å². The van der Waals surface area contributed by atoms with Crippen LogP contribution in [0.25, 0.3) is 11.4 Å². The van der Waals surface area contributed by atoms with E-state index in [2.05, 4.69) is 27.4 Å². The van der Waals surface area contributed by atoms with Crippen LogP contribution in [0.5, 0.6) is 0 Å². The number of carbonyl (C=O) groups excluding carboxylic acids is 1. The number of aromatic amines is 1. The maximum Gasteiger partial charge on any atom is 0.233 e. The highest BCUT2D eigenvalue weighted by Gasteiger charge is 2.19. The van der Waals surface area contributed by atoms with E-state index < -0.39 is 0 Å². The van der Waals surface area contributed by atoms with Crippen molar-refractivity contribution in [2.24, 2.45) is 5.92 Å². The zero-order chi connectivity index (χ0) is 17.6. The summed E-state index contributed by atoms with van der Waals surface area (Å²) >= 11 is 1.39. The number of thioether (sulfide) groups is 1. The lowest BCUT2D eigenvalue weighted by Gasteiger charge is -2.22. The van der Waals surface area contributed by atoms with E-state index in [1.807, 2.05) is 31.2 Å². The van der Waals surface area contributed by atoms with Crippen molar-refractivity contribution in [3.63, 3.8) is 0 Å². The highest BCUT2D eigenvalue weighted by atomic mass is 32.2. The fourth-order valence-corrected chi connectivity index (χ4v) is 3.88. The van der Waals surface area contributed by atoms with Crippen LogP contribution >= 0.6 is 11.8 Å². The van der Waals surface area contributed by atoms with Crippen molar-refractivity contribution >= 4 is 17.7 Å². The third kappa shape index (κ3) is 5.08. The van der Waals surface area contributed by atoms with Gasteiger partial charge >= 0.3 is 0 Å². The molecule has 3 rings (SSSR count). The summed E-state index contributed by atoms with van der Waals surface area (Å²) in [5, 5.41) is 10.7. The van der Waals surface area contributed by atoms with E-state index in [-0.39, 0.29) is 11.2 Å². The quantitative estimate of drug-likeness (QED) is 0.767. The average Bonchev–Trinajstić information content (AvgIpc) is 3.09. The Balaban J connectivity index is 1.51. The van der Waals surface area contributed by atoms with Gasteiger partial charge in [-0.25, -0.2) is 4.98 Å². The number of nitrogens with one attached hydrogen (secondary N) is 2. The van der Waals surface area contributed by atoms with E-state index in [1.165, 1.54) is 49.4 Å². The van der Waals surface area contributed by atoms with Gasteiger partial charge in [0, 0.05) is 12.1 Å². The SMILES string of the molecule is Cc1ccc(-c2nc(SC(C)C(=O)NCC3CCCCC3)n[nH]2)cc1. The summed E-state index contributed by atoms with van der Waals surface area (Å²) in [4.78, 5) is 16.8.